The maximum atomic E-state index is 12.5. The molecule has 3 amide bonds. The lowest BCUT2D eigenvalue weighted by Gasteiger charge is -2.37. The Labute approximate surface area is 135 Å². The molecule has 0 spiro atoms. The number of carbonyl (C=O) groups is 3. The number of amides is 3. The Morgan fingerprint density at radius 3 is 2.17 bits per heavy atom. The van der Waals surface area contributed by atoms with Gasteiger partial charge in [0.25, 0.3) is 5.91 Å². The maximum absolute atomic E-state index is 12.5. The van der Waals surface area contributed by atoms with E-state index < -0.39 is 0 Å². The lowest BCUT2D eigenvalue weighted by atomic mass is 10.1. The molecule has 0 saturated carbocycles. The van der Waals surface area contributed by atoms with E-state index >= 15 is 0 Å². The first kappa shape index (κ1) is 15.7. The molecule has 1 aromatic carbocycles. The van der Waals surface area contributed by atoms with Crippen LogP contribution in [0.1, 0.15) is 22.3 Å². The molecule has 2 heterocycles. The first-order valence-corrected chi connectivity index (χ1v) is 7.88. The minimum Gasteiger partial charge on any atom is -0.336 e. The molecule has 122 valence electrons. The van der Waals surface area contributed by atoms with Crippen LogP contribution >= 0.6 is 0 Å². The van der Waals surface area contributed by atoms with Gasteiger partial charge in [0.15, 0.2) is 0 Å². The molecule has 0 bridgehead atoms. The fourth-order valence-corrected chi connectivity index (χ4v) is 3.14. The third kappa shape index (κ3) is 2.99. The average Bonchev–Trinajstić information content (AvgIpc) is 2.83. The first-order valence-electron chi connectivity index (χ1n) is 7.88. The minimum absolute atomic E-state index is 0.0237. The highest BCUT2D eigenvalue weighted by Gasteiger charge is 2.40. The van der Waals surface area contributed by atoms with Crippen molar-refractivity contribution in [1.82, 2.24) is 14.7 Å². The molecule has 1 atom stereocenters. The van der Waals surface area contributed by atoms with Gasteiger partial charge in [-0.05, 0) is 19.1 Å². The summed E-state index contributed by atoms with van der Waals surface area (Å²) < 4.78 is 0. The molecule has 2 aliphatic heterocycles. The molecule has 1 unspecified atom stereocenters. The van der Waals surface area contributed by atoms with Crippen molar-refractivity contribution in [2.45, 2.75) is 19.4 Å². The van der Waals surface area contributed by atoms with Gasteiger partial charge in [-0.15, -0.1) is 0 Å². The third-order valence-corrected chi connectivity index (χ3v) is 4.70. The summed E-state index contributed by atoms with van der Waals surface area (Å²) in [5, 5.41) is 0. The van der Waals surface area contributed by atoms with Crippen LogP contribution in [0.15, 0.2) is 24.3 Å². The zero-order valence-corrected chi connectivity index (χ0v) is 13.5. The molecular formula is C17H21N3O3. The second-order valence-electron chi connectivity index (χ2n) is 6.21. The van der Waals surface area contributed by atoms with Crippen LogP contribution in [0.5, 0.6) is 0 Å². The van der Waals surface area contributed by atoms with E-state index in [4.69, 9.17) is 0 Å². The Balaban J connectivity index is 1.60. The van der Waals surface area contributed by atoms with Crippen LogP contribution in [-0.2, 0) is 9.59 Å². The van der Waals surface area contributed by atoms with Crippen molar-refractivity contribution in [3.05, 3.63) is 35.4 Å². The number of nitrogens with zero attached hydrogens (tertiary/aromatic N) is 3. The van der Waals surface area contributed by atoms with Gasteiger partial charge in [-0.3, -0.25) is 24.2 Å². The quantitative estimate of drug-likeness (QED) is 0.746. The van der Waals surface area contributed by atoms with E-state index in [1.165, 1.54) is 11.9 Å². The van der Waals surface area contributed by atoms with Crippen LogP contribution in [0.4, 0.5) is 0 Å². The molecule has 0 N–H and O–H groups in total. The average molecular weight is 315 g/mol. The second-order valence-corrected chi connectivity index (χ2v) is 6.21. The predicted octanol–water partition coefficient (Wildman–Crippen LogP) is 0.510. The molecule has 0 aliphatic carbocycles. The molecule has 23 heavy (non-hydrogen) atoms. The maximum Gasteiger partial charge on any atom is 0.253 e. The van der Waals surface area contributed by atoms with Crippen molar-refractivity contribution < 1.29 is 14.4 Å². The van der Waals surface area contributed by atoms with E-state index in [0.717, 1.165) is 5.56 Å². The van der Waals surface area contributed by atoms with Gasteiger partial charge in [-0.2, -0.15) is 0 Å². The molecule has 0 aromatic heterocycles. The highest BCUT2D eigenvalue weighted by Crippen LogP contribution is 2.19. The number of benzene rings is 1. The standard InChI is InChI=1S/C17H21N3O3/c1-12-3-5-13(6-4-12)16(22)20-9-7-19(8-10-20)14-11-15(21)18(2)17(14)23/h3-6,14H,7-11H2,1-2H3. The summed E-state index contributed by atoms with van der Waals surface area (Å²) >= 11 is 0. The lowest BCUT2D eigenvalue weighted by molar-refractivity contribution is -0.138. The first-order chi connectivity index (χ1) is 11.0. The van der Waals surface area contributed by atoms with E-state index in [2.05, 4.69) is 0 Å². The van der Waals surface area contributed by atoms with Crippen molar-refractivity contribution in [2.75, 3.05) is 33.2 Å². The van der Waals surface area contributed by atoms with Crippen LogP contribution in [0.25, 0.3) is 0 Å². The molecule has 2 saturated heterocycles. The van der Waals surface area contributed by atoms with E-state index in [9.17, 15) is 14.4 Å². The molecule has 6 heteroatoms. The number of imide groups is 1. The number of piperazine rings is 1. The number of aryl methyl sites for hydroxylation is 1. The zero-order valence-electron chi connectivity index (χ0n) is 13.5. The Hall–Kier alpha value is -2.21. The SMILES string of the molecule is Cc1ccc(C(=O)N2CCN(C3CC(=O)N(C)C3=O)CC2)cc1. The van der Waals surface area contributed by atoms with Crippen LogP contribution in [0, 0.1) is 6.92 Å². The normalized spacial score (nSPS) is 22.8. The van der Waals surface area contributed by atoms with Gasteiger partial charge in [0, 0.05) is 38.8 Å². The molecule has 1 aromatic rings. The van der Waals surface area contributed by atoms with Crippen molar-refractivity contribution in [2.24, 2.45) is 0 Å². The summed E-state index contributed by atoms with van der Waals surface area (Å²) in [6.45, 7) is 4.39. The summed E-state index contributed by atoms with van der Waals surface area (Å²) in [5.41, 5.74) is 1.82. The van der Waals surface area contributed by atoms with Crippen molar-refractivity contribution in [3.8, 4) is 0 Å². The summed E-state index contributed by atoms with van der Waals surface area (Å²) in [6, 6.07) is 7.20. The number of rotatable bonds is 2. The van der Waals surface area contributed by atoms with E-state index in [1.54, 1.807) is 0 Å². The van der Waals surface area contributed by atoms with Crippen LogP contribution in [0.3, 0.4) is 0 Å². The van der Waals surface area contributed by atoms with E-state index in [1.807, 2.05) is 41.0 Å². The Morgan fingerprint density at radius 1 is 1.04 bits per heavy atom. The monoisotopic (exact) mass is 315 g/mol. The largest absolute Gasteiger partial charge is 0.336 e. The van der Waals surface area contributed by atoms with Crippen LogP contribution < -0.4 is 0 Å². The predicted molar refractivity (Wildman–Crippen MR) is 84.8 cm³/mol. The highest BCUT2D eigenvalue weighted by molar-refractivity contribution is 6.05. The molecule has 0 radical (unpaired) electrons. The smallest absolute Gasteiger partial charge is 0.253 e. The molecule has 6 nitrogen and oxygen atoms in total. The summed E-state index contributed by atoms with van der Waals surface area (Å²) in [4.78, 5) is 41.2. The van der Waals surface area contributed by atoms with E-state index in [-0.39, 0.29) is 30.2 Å². The number of hydrogen-bond donors (Lipinski definition) is 0. The fourth-order valence-electron chi connectivity index (χ4n) is 3.14. The summed E-state index contributed by atoms with van der Waals surface area (Å²) in [5.74, 6) is -0.234. The Bertz CT molecular complexity index is 633. The summed E-state index contributed by atoms with van der Waals surface area (Å²) in [7, 11) is 1.53. The minimum atomic E-state index is -0.357. The second kappa shape index (κ2) is 6.12. The van der Waals surface area contributed by atoms with Gasteiger partial charge in [0.05, 0.1) is 12.5 Å². The zero-order chi connectivity index (χ0) is 16.6. The van der Waals surface area contributed by atoms with Gasteiger partial charge in [-0.1, -0.05) is 17.7 Å². The molecule has 2 aliphatic rings. The van der Waals surface area contributed by atoms with Crippen LogP contribution in [0.2, 0.25) is 0 Å². The molecule has 3 rings (SSSR count). The highest BCUT2D eigenvalue weighted by atomic mass is 16.2. The van der Waals surface area contributed by atoms with Gasteiger partial charge in [0.2, 0.25) is 11.8 Å². The fraction of sp³-hybridized carbons (Fsp3) is 0.471. The van der Waals surface area contributed by atoms with E-state index in [0.29, 0.717) is 31.7 Å². The number of carbonyl (C=O) groups excluding carboxylic acids is 3. The molecule has 2 fully saturated rings. The Morgan fingerprint density at radius 2 is 1.65 bits per heavy atom. The van der Waals surface area contributed by atoms with Gasteiger partial charge in [-0.25, -0.2) is 0 Å². The Kier molecular flexibility index (Phi) is 4.17. The lowest BCUT2D eigenvalue weighted by Crippen LogP contribution is -2.53. The number of likely N-dealkylation sites (tertiary alicyclic amines) is 1. The van der Waals surface area contributed by atoms with Crippen LogP contribution in [-0.4, -0.2) is 71.7 Å². The van der Waals surface area contributed by atoms with Gasteiger partial charge < -0.3 is 4.90 Å². The van der Waals surface area contributed by atoms with Crippen molar-refractivity contribution in [1.29, 1.82) is 0 Å². The summed E-state index contributed by atoms with van der Waals surface area (Å²) in [6.07, 6.45) is 0.251. The number of likely N-dealkylation sites (N-methyl/N-ethyl adjacent to an activating group) is 1. The molecular weight excluding hydrogens is 294 g/mol. The van der Waals surface area contributed by atoms with Gasteiger partial charge in [0.1, 0.15) is 0 Å². The third-order valence-electron chi connectivity index (χ3n) is 4.70. The van der Waals surface area contributed by atoms with Gasteiger partial charge >= 0.3 is 0 Å². The van der Waals surface area contributed by atoms with Crippen molar-refractivity contribution >= 4 is 17.7 Å². The number of hydrogen-bond acceptors (Lipinski definition) is 4. The van der Waals surface area contributed by atoms with Crippen molar-refractivity contribution in [3.63, 3.8) is 0 Å². The topological polar surface area (TPSA) is 60.9 Å².